The molecule has 0 radical (unpaired) electrons. The van der Waals surface area contributed by atoms with Crippen molar-refractivity contribution in [3.05, 3.63) is 93.6 Å². The van der Waals surface area contributed by atoms with Crippen molar-refractivity contribution in [3.8, 4) is 11.5 Å². The normalized spacial score (nSPS) is 14.3. The second-order valence-electron chi connectivity index (χ2n) is 8.57. The van der Waals surface area contributed by atoms with Crippen LogP contribution in [0.5, 0.6) is 11.5 Å². The lowest BCUT2D eigenvalue weighted by molar-refractivity contribution is -0.113. The number of carbonyl (C=O) groups is 2. The molecule has 1 aliphatic rings. The molecule has 0 atom stereocenters. The van der Waals surface area contributed by atoms with E-state index in [-0.39, 0.29) is 29.2 Å². The van der Waals surface area contributed by atoms with E-state index in [4.69, 9.17) is 32.7 Å². The molecular weight excluding hydrogens is 543 g/mol. The van der Waals surface area contributed by atoms with Crippen molar-refractivity contribution in [2.24, 2.45) is 4.99 Å². The molecule has 196 valence electrons. The first-order valence-corrected chi connectivity index (χ1v) is 13.7. The molecule has 0 aromatic heterocycles. The minimum atomic E-state index is -0.291. The Morgan fingerprint density at radius 1 is 1.00 bits per heavy atom. The maximum atomic E-state index is 13.5. The Bertz CT molecular complexity index is 1390. The molecule has 0 unspecified atom stereocenters. The predicted octanol–water partition coefficient (Wildman–Crippen LogP) is 7.54. The largest absolute Gasteiger partial charge is 0.494 e. The average Bonchev–Trinajstić information content (AvgIpc) is 3.20. The number of nitrogens with zero attached hydrogens (tertiary/aromatic N) is 2. The van der Waals surface area contributed by atoms with Crippen LogP contribution in [0.1, 0.15) is 36.7 Å². The van der Waals surface area contributed by atoms with Crippen molar-refractivity contribution >= 4 is 63.6 Å². The fourth-order valence-electron chi connectivity index (χ4n) is 3.63. The fraction of sp³-hybridized carbons (Fsp3) is 0.207. The van der Waals surface area contributed by atoms with Gasteiger partial charge in [0.05, 0.1) is 34.2 Å². The summed E-state index contributed by atoms with van der Waals surface area (Å²) in [5, 5.41) is 1.09. The van der Waals surface area contributed by atoms with E-state index in [0.29, 0.717) is 38.8 Å². The van der Waals surface area contributed by atoms with Crippen LogP contribution >= 0.6 is 35.0 Å². The van der Waals surface area contributed by atoms with Gasteiger partial charge in [0.1, 0.15) is 17.2 Å². The summed E-state index contributed by atoms with van der Waals surface area (Å²) in [4.78, 5) is 32.5. The highest BCUT2D eigenvalue weighted by atomic mass is 35.5. The van der Waals surface area contributed by atoms with E-state index in [1.54, 1.807) is 42.5 Å². The summed E-state index contributed by atoms with van der Waals surface area (Å²) in [6.45, 7) is 6.36. The number of anilines is 1. The Hall–Kier alpha value is -3.26. The molecule has 4 rings (SSSR count). The minimum absolute atomic E-state index is 0.0616. The van der Waals surface area contributed by atoms with Crippen LogP contribution in [0.25, 0.3) is 6.08 Å². The molecule has 1 heterocycles. The molecule has 6 nitrogen and oxygen atoms in total. The van der Waals surface area contributed by atoms with Gasteiger partial charge in [-0.25, -0.2) is 4.99 Å². The van der Waals surface area contributed by atoms with Crippen LogP contribution < -0.4 is 14.4 Å². The first-order chi connectivity index (χ1) is 18.2. The number of hydrogen-bond acceptors (Lipinski definition) is 6. The first-order valence-electron chi connectivity index (χ1n) is 12.0. The number of Topliss-reactive ketones (excluding diaryl/α,β-unsaturated/α-hetero) is 1. The Labute approximate surface area is 236 Å². The van der Waals surface area contributed by atoms with Crippen molar-refractivity contribution < 1.29 is 19.1 Å². The van der Waals surface area contributed by atoms with E-state index in [0.717, 1.165) is 11.3 Å². The maximum absolute atomic E-state index is 13.5. The molecule has 1 aliphatic heterocycles. The summed E-state index contributed by atoms with van der Waals surface area (Å²) >= 11 is 13.2. The smallest absolute Gasteiger partial charge is 0.283 e. The molecule has 0 aliphatic carbocycles. The molecule has 0 bridgehead atoms. The summed E-state index contributed by atoms with van der Waals surface area (Å²) in [5.41, 5.74) is 2.12. The minimum Gasteiger partial charge on any atom is -0.494 e. The van der Waals surface area contributed by atoms with Crippen LogP contribution in [0.15, 0.2) is 77.4 Å². The average molecular weight is 570 g/mol. The third-order valence-electron chi connectivity index (χ3n) is 5.36. The van der Waals surface area contributed by atoms with Gasteiger partial charge in [-0.2, -0.15) is 0 Å². The van der Waals surface area contributed by atoms with Crippen LogP contribution in [0.2, 0.25) is 10.0 Å². The number of ether oxygens (including phenoxy) is 2. The van der Waals surface area contributed by atoms with Gasteiger partial charge < -0.3 is 9.47 Å². The van der Waals surface area contributed by atoms with Gasteiger partial charge in [0.2, 0.25) is 0 Å². The second kappa shape index (κ2) is 12.5. The molecule has 0 spiro atoms. The van der Waals surface area contributed by atoms with Crippen molar-refractivity contribution in [1.82, 2.24) is 0 Å². The number of benzene rings is 3. The molecule has 0 fully saturated rings. The SMILES string of the molecule is CCOc1ccc(N2C(=O)C(=Cc3ccc(OC(C)C)cc3)N=C2SCC(=O)c2ccc(Cl)c(Cl)c2)cc1. The van der Waals surface area contributed by atoms with Crippen LogP contribution in [0.4, 0.5) is 5.69 Å². The van der Waals surface area contributed by atoms with E-state index < -0.39 is 0 Å². The number of halogens is 2. The van der Waals surface area contributed by atoms with Crippen molar-refractivity contribution in [2.45, 2.75) is 26.9 Å². The van der Waals surface area contributed by atoms with Gasteiger partial charge in [0.25, 0.3) is 5.91 Å². The van der Waals surface area contributed by atoms with Gasteiger partial charge >= 0.3 is 0 Å². The number of carbonyl (C=O) groups excluding carboxylic acids is 2. The summed E-state index contributed by atoms with van der Waals surface area (Å²) in [6, 6.07) is 19.4. The molecule has 3 aromatic carbocycles. The Kier molecular flexibility index (Phi) is 9.15. The maximum Gasteiger partial charge on any atom is 0.283 e. The Balaban J connectivity index is 1.60. The van der Waals surface area contributed by atoms with Gasteiger partial charge in [-0.1, -0.05) is 47.1 Å². The van der Waals surface area contributed by atoms with Gasteiger partial charge in [-0.15, -0.1) is 0 Å². The lowest BCUT2D eigenvalue weighted by atomic mass is 10.1. The number of amidine groups is 1. The predicted molar refractivity (Wildman–Crippen MR) is 156 cm³/mol. The molecule has 1 amide bonds. The second-order valence-corrected chi connectivity index (χ2v) is 10.3. The third-order valence-corrected chi connectivity index (χ3v) is 7.04. The number of rotatable bonds is 9. The van der Waals surface area contributed by atoms with Crippen LogP contribution in [-0.2, 0) is 4.79 Å². The third kappa shape index (κ3) is 6.78. The van der Waals surface area contributed by atoms with E-state index in [2.05, 4.69) is 4.99 Å². The number of amides is 1. The highest BCUT2D eigenvalue weighted by Gasteiger charge is 2.32. The summed E-state index contributed by atoms with van der Waals surface area (Å²) in [7, 11) is 0. The van der Waals surface area contributed by atoms with Crippen LogP contribution in [-0.4, -0.2) is 35.3 Å². The van der Waals surface area contributed by atoms with Crippen molar-refractivity contribution in [2.75, 3.05) is 17.3 Å². The molecule has 0 N–H and O–H groups in total. The standard InChI is InChI=1S/C29H26Cl2N2O4S/c1-4-36-22-12-8-21(9-13-22)33-28(35)26(15-19-5-10-23(11-6-19)37-18(2)3)32-29(33)38-17-27(34)20-7-14-24(30)25(31)16-20/h5-16,18H,4,17H2,1-3H3. The van der Waals surface area contributed by atoms with E-state index >= 15 is 0 Å². The van der Waals surface area contributed by atoms with Gasteiger partial charge in [0, 0.05) is 5.56 Å². The van der Waals surface area contributed by atoms with Gasteiger partial charge in [-0.05, 0) is 87.0 Å². The lowest BCUT2D eigenvalue weighted by Crippen LogP contribution is -2.30. The Morgan fingerprint density at radius 3 is 2.32 bits per heavy atom. The zero-order valence-corrected chi connectivity index (χ0v) is 23.4. The number of ketones is 1. The molecule has 9 heteroatoms. The highest BCUT2D eigenvalue weighted by Crippen LogP contribution is 2.31. The van der Waals surface area contributed by atoms with Crippen LogP contribution in [0.3, 0.4) is 0 Å². The van der Waals surface area contributed by atoms with Gasteiger partial charge in [-0.3, -0.25) is 14.5 Å². The summed E-state index contributed by atoms with van der Waals surface area (Å²) in [5.74, 6) is 1.06. The fourth-order valence-corrected chi connectivity index (χ4v) is 4.84. The van der Waals surface area contributed by atoms with Crippen molar-refractivity contribution in [1.29, 1.82) is 0 Å². The number of aliphatic imine (C=N–C) groups is 1. The molecule has 0 saturated carbocycles. The lowest BCUT2D eigenvalue weighted by Gasteiger charge is -2.18. The van der Waals surface area contributed by atoms with Crippen LogP contribution in [0, 0.1) is 0 Å². The van der Waals surface area contributed by atoms with Gasteiger partial charge in [0.15, 0.2) is 11.0 Å². The molecule has 38 heavy (non-hydrogen) atoms. The number of hydrogen-bond donors (Lipinski definition) is 0. The van der Waals surface area contributed by atoms with E-state index in [1.807, 2.05) is 45.0 Å². The molecule has 3 aromatic rings. The Morgan fingerprint density at radius 2 is 1.68 bits per heavy atom. The summed E-state index contributed by atoms with van der Waals surface area (Å²) < 4.78 is 11.2. The number of thioether (sulfide) groups is 1. The highest BCUT2D eigenvalue weighted by molar-refractivity contribution is 8.14. The monoisotopic (exact) mass is 568 g/mol. The zero-order chi connectivity index (χ0) is 27.2. The first kappa shape index (κ1) is 27.8. The van der Waals surface area contributed by atoms with E-state index in [9.17, 15) is 9.59 Å². The molecular formula is C29H26Cl2N2O4S. The topological polar surface area (TPSA) is 68.2 Å². The quantitative estimate of drug-likeness (QED) is 0.197. The zero-order valence-electron chi connectivity index (χ0n) is 21.1. The van der Waals surface area contributed by atoms with E-state index in [1.165, 1.54) is 22.7 Å². The summed E-state index contributed by atoms with van der Waals surface area (Å²) in [6.07, 6.45) is 1.78. The van der Waals surface area contributed by atoms with Crippen molar-refractivity contribution in [3.63, 3.8) is 0 Å². The molecule has 0 saturated heterocycles.